The van der Waals surface area contributed by atoms with Crippen molar-refractivity contribution in [2.45, 2.75) is 57.7 Å². The summed E-state index contributed by atoms with van der Waals surface area (Å²) in [6.45, 7) is -2.13. The van der Waals surface area contributed by atoms with Gasteiger partial charge in [0.05, 0.1) is 0 Å². The lowest BCUT2D eigenvalue weighted by Gasteiger charge is -2.44. The maximum atomic E-state index is 12.2. The predicted molar refractivity (Wildman–Crippen MR) is 71.6 cm³/mol. The lowest BCUT2D eigenvalue weighted by atomic mass is 9.65. The van der Waals surface area contributed by atoms with E-state index in [2.05, 4.69) is 15.0 Å². The Kier molecular flexibility index (Phi) is 3.87. The Morgan fingerprint density at radius 1 is 1.35 bits per heavy atom. The first-order valence-corrected chi connectivity index (χ1v) is 7.31. The average Bonchev–Trinajstić information content (AvgIpc) is 2.79. The molecule has 0 aromatic carbocycles. The third kappa shape index (κ3) is 2.77. The molecule has 2 aliphatic carbocycles. The van der Waals surface area contributed by atoms with E-state index >= 15 is 0 Å². The summed E-state index contributed by atoms with van der Waals surface area (Å²) in [5.74, 6) is -0.0101. The summed E-state index contributed by atoms with van der Waals surface area (Å²) in [5, 5.41) is 3.60. The number of nitrogens with one attached hydrogen (secondary N) is 1. The third-order valence-electron chi connectivity index (χ3n) is 4.82. The van der Waals surface area contributed by atoms with Gasteiger partial charge in [0.25, 0.3) is 0 Å². The van der Waals surface area contributed by atoms with E-state index < -0.39 is 6.61 Å². The van der Waals surface area contributed by atoms with Crippen LogP contribution in [0.25, 0.3) is 0 Å². The first kappa shape index (κ1) is 13.7. The number of hydrogen-bond acceptors (Lipinski definition) is 3. The van der Waals surface area contributed by atoms with Crippen molar-refractivity contribution in [3.05, 3.63) is 23.9 Å². The minimum atomic E-state index is -2.82. The Hall–Kier alpha value is -1.23. The summed E-state index contributed by atoms with van der Waals surface area (Å²) in [6.07, 6.45) is 9.39. The highest BCUT2D eigenvalue weighted by atomic mass is 19.3. The molecular formula is C15H20F2N2O. The maximum absolute atomic E-state index is 12.2. The van der Waals surface area contributed by atoms with E-state index in [1.54, 1.807) is 6.07 Å². The standard InChI is InChI=1S/C15H20F2N2O/c16-14(17)20-13-9-11(4-8-18-13)10-19-12-3-1-5-15(12)6-2-7-15/h4,8-9,12,14,19H,1-3,5-7,10H2. The van der Waals surface area contributed by atoms with Crippen LogP contribution in [-0.4, -0.2) is 17.6 Å². The van der Waals surface area contributed by atoms with Gasteiger partial charge in [-0.15, -0.1) is 0 Å². The van der Waals surface area contributed by atoms with E-state index in [0.717, 1.165) is 5.56 Å². The van der Waals surface area contributed by atoms with Gasteiger partial charge >= 0.3 is 6.61 Å². The number of hydrogen-bond donors (Lipinski definition) is 1. The quantitative estimate of drug-likeness (QED) is 0.897. The third-order valence-corrected chi connectivity index (χ3v) is 4.82. The normalized spacial score (nSPS) is 24.1. The molecule has 2 saturated carbocycles. The molecule has 3 rings (SSSR count). The van der Waals surface area contributed by atoms with Crippen molar-refractivity contribution in [2.75, 3.05) is 0 Å². The lowest BCUT2D eigenvalue weighted by Crippen LogP contribution is -2.45. The average molecular weight is 282 g/mol. The molecule has 1 unspecified atom stereocenters. The second kappa shape index (κ2) is 5.64. The summed E-state index contributed by atoms with van der Waals surface area (Å²) in [6, 6.07) is 4.00. The van der Waals surface area contributed by atoms with Gasteiger partial charge < -0.3 is 10.1 Å². The van der Waals surface area contributed by atoms with Crippen LogP contribution < -0.4 is 10.1 Å². The summed E-state index contributed by atoms with van der Waals surface area (Å²) in [4.78, 5) is 3.79. The van der Waals surface area contributed by atoms with Gasteiger partial charge in [-0.2, -0.15) is 8.78 Å². The first-order valence-electron chi connectivity index (χ1n) is 7.31. The molecule has 0 amide bonds. The number of pyridine rings is 1. The zero-order chi connectivity index (χ0) is 14.0. The fraction of sp³-hybridized carbons (Fsp3) is 0.667. The summed E-state index contributed by atoms with van der Waals surface area (Å²) >= 11 is 0. The Balaban J connectivity index is 1.58. The molecule has 1 aromatic heterocycles. The van der Waals surface area contributed by atoms with E-state index in [0.29, 0.717) is 18.0 Å². The Morgan fingerprint density at radius 2 is 2.15 bits per heavy atom. The predicted octanol–water partition coefficient (Wildman–Crippen LogP) is 3.50. The van der Waals surface area contributed by atoms with E-state index in [1.807, 2.05) is 6.07 Å². The monoisotopic (exact) mass is 282 g/mol. The first-order chi connectivity index (χ1) is 9.68. The highest BCUT2D eigenvalue weighted by molar-refractivity contribution is 5.20. The van der Waals surface area contributed by atoms with Crippen molar-refractivity contribution in [3.63, 3.8) is 0 Å². The molecule has 1 N–H and O–H groups in total. The van der Waals surface area contributed by atoms with Crippen LogP contribution in [0, 0.1) is 5.41 Å². The fourth-order valence-electron chi connectivity index (χ4n) is 3.64. The molecular weight excluding hydrogens is 262 g/mol. The Morgan fingerprint density at radius 3 is 2.85 bits per heavy atom. The summed E-state index contributed by atoms with van der Waals surface area (Å²) < 4.78 is 28.6. The van der Waals surface area contributed by atoms with E-state index in [1.165, 1.54) is 44.7 Å². The van der Waals surface area contributed by atoms with Gasteiger partial charge in [0.2, 0.25) is 5.88 Å². The lowest BCUT2D eigenvalue weighted by molar-refractivity contribution is -0.0529. The smallest absolute Gasteiger partial charge is 0.388 e. The van der Waals surface area contributed by atoms with Crippen molar-refractivity contribution >= 4 is 0 Å². The van der Waals surface area contributed by atoms with Gasteiger partial charge in [-0.05, 0) is 42.7 Å². The van der Waals surface area contributed by atoms with Crippen molar-refractivity contribution < 1.29 is 13.5 Å². The summed E-state index contributed by atoms with van der Waals surface area (Å²) in [7, 11) is 0. The molecule has 2 fully saturated rings. The van der Waals surface area contributed by atoms with Gasteiger partial charge in [-0.1, -0.05) is 12.8 Å². The molecule has 0 saturated heterocycles. The van der Waals surface area contributed by atoms with Gasteiger partial charge in [-0.3, -0.25) is 0 Å². The topological polar surface area (TPSA) is 34.1 Å². The van der Waals surface area contributed by atoms with E-state index in [-0.39, 0.29) is 5.88 Å². The van der Waals surface area contributed by atoms with Crippen LogP contribution >= 0.6 is 0 Å². The molecule has 1 aromatic rings. The number of aromatic nitrogens is 1. The number of halogens is 2. The largest absolute Gasteiger partial charge is 0.417 e. The zero-order valence-electron chi connectivity index (χ0n) is 11.4. The van der Waals surface area contributed by atoms with Crippen molar-refractivity contribution in [1.29, 1.82) is 0 Å². The van der Waals surface area contributed by atoms with Crippen LogP contribution in [0.3, 0.4) is 0 Å². The Labute approximate surface area is 117 Å². The minimum Gasteiger partial charge on any atom is -0.417 e. The summed E-state index contributed by atoms with van der Waals surface area (Å²) in [5.41, 5.74) is 1.46. The van der Waals surface area contributed by atoms with Gasteiger partial charge in [-0.25, -0.2) is 4.98 Å². The van der Waals surface area contributed by atoms with E-state index in [9.17, 15) is 8.78 Å². The molecule has 20 heavy (non-hydrogen) atoms. The molecule has 2 aliphatic rings. The number of ether oxygens (including phenoxy) is 1. The van der Waals surface area contributed by atoms with Crippen LogP contribution in [0.1, 0.15) is 44.1 Å². The Bertz CT molecular complexity index is 463. The molecule has 0 radical (unpaired) electrons. The SMILES string of the molecule is FC(F)Oc1cc(CNC2CCCC23CCC3)ccn1. The van der Waals surface area contributed by atoms with Gasteiger partial charge in [0, 0.05) is 24.8 Å². The van der Waals surface area contributed by atoms with Crippen LogP contribution in [0.2, 0.25) is 0 Å². The highest BCUT2D eigenvalue weighted by Gasteiger charge is 2.46. The molecule has 1 heterocycles. The van der Waals surface area contributed by atoms with Crippen LogP contribution in [-0.2, 0) is 6.54 Å². The highest BCUT2D eigenvalue weighted by Crippen LogP contribution is 2.53. The van der Waals surface area contributed by atoms with Crippen molar-refractivity contribution in [1.82, 2.24) is 10.3 Å². The van der Waals surface area contributed by atoms with Crippen molar-refractivity contribution in [3.8, 4) is 5.88 Å². The van der Waals surface area contributed by atoms with E-state index in [4.69, 9.17) is 0 Å². The van der Waals surface area contributed by atoms with Gasteiger partial charge in [0.15, 0.2) is 0 Å². The van der Waals surface area contributed by atoms with Crippen LogP contribution in [0.5, 0.6) is 5.88 Å². The second-order valence-corrected chi connectivity index (χ2v) is 5.92. The molecule has 1 atom stereocenters. The zero-order valence-corrected chi connectivity index (χ0v) is 11.4. The molecule has 5 heteroatoms. The maximum Gasteiger partial charge on any atom is 0.388 e. The minimum absolute atomic E-state index is 0.0101. The number of nitrogens with zero attached hydrogens (tertiary/aromatic N) is 1. The molecule has 3 nitrogen and oxygen atoms in total. The molecule has 110 valence electrons. The second-order valence-electron chi connectivity index (χ2n) is 5.92. The molecule has 1 spiro atoms. The molecule has 0 bridgehead atoms. The molecule has 0 aliphatic heterocycles. The van der Waals surface area contributed by atoms with Gasteiger partial charge in [0.1, 0.15) is 0 Å². The van der Waals surface area contributed by atoms with Crippen molar-refractivity contribution in [2.24, 2.45) is 5.41 Å². The number of rotatable bonds is 5. The fourth-order valence-corrected chi connectivity index (χ4v) is 3.64. The van der Waals surface area contributed by atoms with Crippen LogP contribution in [0.4, 0.5) is 8.78 Å². The van der Waals surface area contributed by atoms with Crippen LogP contribution in [0.15, 0.2) is 18.3 Å². The number of alkyl halides is 2.